The summed E-state index contributed by atoms with van der Waals surface area (Å²) >= 11 is 1.01. The van der Waals surface area contributed by atoms with Gasteiger partial charge in [-0.15, -0.1) is 0 Å². The summed E-state index contributed by atoms with van der Waals surface area (Å²) in [5.41, 5.74) is 0. The number of nitrogens with zero attached hydrogens (tertiary/aromatic N) is 2. The molecule has 0 fully saturated rings. The van der Waals surface area contributed by atoms with E-state index in [4.69, 9.17) is 5.26 Å². The summed E-state index contributed by atoms with van der Waals surface area (Å²) in [7, 11) is 0. The normalized spacial score (nSPS) is 9.92. The number of nitriles is 1. The Bertz CT molecular complexity index is 362. The third kappa shape index (κ3) is 1.90. The topological polar surface area (TPSA) is 66.9 Å². The molecule has 0 bridgehead atoms. The summed E-state index contributed by atoms with van der Waals surface area (Å²) < 4.78 is 0. The van der Waals surface area contributed by atoms with Crippen molar-refractivity contribution in [3.8, 4) is 6.07 Å². The predicted molar refractivity (Wildman–Crippen MR) is 44.3 cm³/mol. The highest BCUT2D eigenvalue weighted by Gasteiger charge is 2.07. The van der Waals surface area contributed by atoms with Crippen LogP contribution in [-0.2, 0) is 0 Å². The number of nitro groups is 1. The molecule has 0 spiro atoms. The second-order valence-electron chi connectivity index (χ2n) is 1.83. The van der Waals surface area contributed by atoms with Crippen LogP contribution in [0, 0.1) is 27.5 Å². The molecule has 0 N–H and O–H groups in total. The maximum absolute atomic E-state index is 10.2. The number of hydrogen-bond donors (Lipinski definition) is 0. The van der Waals surface area contributed by atoms with Gasteiger partial charge in [0.15, 0.2) is 0 Å². The molecule has 0 aliphatic carbocycles. The molecule has 0 amide bonds. The van der Waals surface area contributed by atoms with Crippen LogP contribution in [0.1, 0.15) is 4.88 Å². The molecule has 1 heterocycles. The Morgan fingerprint density at radius 2 is 2.42 bits per heavy atom. The molecular formula is C7H3N2O2S. The Balaban J connectivity index is 2.86. The Kier molecular flexibility index (Phi) is 2.56. The van der Waals surface area contributed by atoms with E-state index in [-0.39, 0.29) is 5.00 Å². The lowest BCUT2D eigenvalue weighted by Gasteiger charge is -1.79. The zero-order valence-electron chi connectivity index (χ0n) is 5.85. The van der Waals surface area contributed by atoms with E-state index in [1.807, 2.05) is 0 Å². The molecule has 12 heavy (non-hydrogen) atoms. The molecule has 1 aromatic heterocycles. The van der Waals surface area contributed by atoms with Crippen LogP contribution in [0.25, 0.3) is 6.08 Å². The fourth-order valence-corrected chi connectivity index (χ4v) is 1.33. The molecule has 0 aliphatic heterocycles. The van der Waals surface area contributed by atoms with Crippen LogP contribution in [0.4, 0.5) is 5.00 Å². The monoisotopic (exact) mass is 179 g/mol. The highest BCUT2D eigenvalue weighted by Crippen LogP contribution is 2.24. The van der Waals surface area contributed by atoms with Gasteiger partial charge in [-0.3, -0.25) is 10.1 Å². The first-order valence-corrected chi connectivity index (χ1v) is 3.78. The predicted octanol–water partition coefficient (Wildman–Crippen LogP) is 2.00. The van der Waals surface area contributed by atoms with E-state index in [0.29, 0.717) is 4.88 Å². The maximum Gasteiger partial charge on any atom is 0.324 e. The van der Waals surface area contributed by atoms with Gasteiger partial charge in [0.2, 0.25) is 0 Å². The van der Waals surface area contributed by atoms with Gasteiger partial charge in [0, 0.05) is 10.9 Å². The molecular weight excluding hydrogens is 176 g/mol. The van der Waals surface area contributed by atoms with E-state index in [0.717, 1.165) is 11.3 Å². The molecule has 0 saturated heterocycles. The molecule has 0 aromatic carbocycles. The van der Waals surface area contributed by atoms with Crippen LogP contribution in [0.3, 0.4) is 0 Å². The summed E-state index contributed by atoms with van der Waals surface area (Å²) in [4.78, 5) is 10.4. The summed E-state index contributed by atoms with van der Waals surface area (Å²) in [6.07, 6.45) is 3.70. The largest absolute Gasteiger partial charge is 0.324 e. The van der Waals surface area contributed by atoms with Gasteiger partial charge in [0.05, 0.1) is 11.0 Å². The highest BCUT2D eigenvalue weighted by atomic mass is 32.1. The molecule has 4 nitrogen and oxygen atoms in total. The molecule has 1 rings (SSSR count). The van der Waals surface area contributed by atoms with Crippen LogP contribution in [0.5, 0.6) is 0 Å². The van der Waals surface area contributed by atoms with Crippen LogP contribution in [-0.4, -0.2) is 4.92 Å². The van der Waals surface area contributed by atoms with E-state index in [1.165, 1.54) is 12.1 Å². The summed E-state index contributed by atoms with van der Waals surface area (Å²) in [5, 5.41) is 18.4. The zero-order valence-corrected chi connectivity index (χ0v) is 6.67. The maximum atomic E-state index is 10.2. The average Bonchev–Trinajstić information content (AvgIpc) is 2.48. The van der Waals surface area contributed by atoms with Gasteiger partial charge in [-0.2, -0.15) is 5.26 Å². The minimum absolute atomic E-state index is 0.0704. The fourth-order valence-electron chi connectivity index (χ4n) is 0.621. The van der Waals surface area contributed by atoms with Crippen molar-refractivity contribution < 1.29 is 4.92 Å². The molecule has 1 radical (unpaired) electrons. The van der Waals surface area contributed by atoms with Crippen molar-refractivity contribution >= 4 is 22.4 Å². The first-order valence-electron chi connectivity index (χ1n) is 2.96. The summed E-state index contributed by atoms with van der Waals surface area (Å²) in [6.45, 7) is 0. The van der Waals surface area contributed by atoms with Gasteiger partial charge in [-0.1, -0.05) is 11.3 Å². The third-order valence-corrected chi connectivity index (χ3v) is 2.06. The third-order valence-electron chi connectivity index (χ3n) is 1.07. The quantitative estimate of drug-likeness (QED) is 0.396. The van der Waals surface area contributed by atoms with Crippen molar-refractivity contribution in [1.29, 1.82) is 5.26 Å². The lowest BCUT2D eigenvalue weighted by Crippen LogP contribution is -1.80. The standard InChI is InChI=1S/C7H3N2O2S/c8-5-1-2-6-3-4-7(12-6)9(10)11/h2-4H. The van der Waals surface area contributed by atoms with Gasteiger partial charge in [0.25, 0.3) is 0 Å². The van der Waals surface area contributed by atoms with Crippen molar-refractivity contribution in [3.05, 3.63) is 33.2 Å². The first-order chi connectivity index (χ1) is 5.74. The number of allylic oxidation sites excluding steroid dienone is 1. The molecule has 5 heteroatoms. The van der Waals surface area contributed by atoms with E-state index in [1.54, 1.807) is 12.1 Å². The van der Waals surface area contributed by atoms with Crippen molar-refractivity contribution in [2.45, 2.75) is 0 Å². The summed E-state index contributed by atoms with van der Waals surface area (Å²) in [5.74, 6) is 0. The van der Waals surface area contributed by atoms with Gasteiger partial charge < -0.3 is 0 Å². The second-order valence-corrected chi connectivity index (χ2v) is 2.93. The smallest absolute Gasteiger partial charge is 0.258 e. The number of rotatable bonds is 2. The van der Waals surface area contributed by atoms with Crippen LogP contribution in [0.2, 0.25) is 0 Å². The van der Waals surface area contributed by atoms with Crippen LogP contribution < -0.4 is 0 Å². The van der Waals surface area contributed by atoms with Crippen LogP contribution in [0.15, 0.2) is 12.1 Å². The molecule has 0 saturated carbocycles. The SMILES string of the molecule is N#C/[C]=C/c1ccc([N+](=O)[O-])s1. The Hall–Kier alpha value is -1.67. The lowest BCUT2D eigenvalue weighted by molar-refractivity contribution is -0.380. The van der Waals surface area contributed by atoms with E-state index >= 15 is 0 Å². The minimum atomic E-state index is -0.464. The first kappa shape index (κ1) is 8.43. The average molecular weight is 179 g/mol. The molecule has 1 aromatic rings. The van der Waals surface area contributed by atoms with E-state index < -0.39 is 4.92 Å². The van der Waals surface area contributed by atoms with Crippen molar-refractivity contribution in [2.24, 2.45) is 0 Å². The van der Waals surface area contributed by atoms with Crippen molar-refractivity contribution in [1.82, 2.24) is 0 Å². The van der Waals surface area contributed by atoms with Gasteiger partial charge >= 0.3 is 5.00 Å². The Morgan fingerprint density at radius 1 is 1.67 bits per heavy atom. The Morgan fingerprint density at radius 3 is 2.92 bits per heavy atom. The highest BCUT2D eigenvalue weighted by molar-refractivity contribution is 7.16. The van der Waals surface area contributed by atoms with Gasteiger partial charge in [-0.25, -0.2) is 0 Å². The lowest BCUT2D eigenvalue weighted by atomic mass is 10.4. The Labute approximate surface area is 72.5 Å². The number of thiophene rings is 1. The van der Waals surface area contributed by atoms with Gasteiger partial charge in [-0.05, 0) is 12.1 Å². The molecule has 0 atom stereocenters. The van der Waals surface area contributed by atoms with Crippen molar-refractivity contribution in [2.75, 3.05) is 0 Å². The molecule has 0 aliphatic rings. The molecule has 59 valence electrons. The second kappa shape index (κ2) is 3.64. The van der Waals surface area contributed by atoms with Crippen molar-refractivity contribution in [3.63, 3.8) is 0 Å². The van der Waals surface area contributed by atoms with E-state index in [2.05, 4.69) is 6.08 Å². The van der Waals surface area contributed by atoms with E-state index in [9.17, 15) is 10.1 Å². The number of hydrogen-bond acceptors (Lipinski definition) is 4. The fraction of sp³-hybridized carbons (Fsp3) is 0. The molecule has 0 unspecified atom stereocenters. The summed E-state index contributed by atoms with van der Waals surface area (Å²) in [6, 6.07) is 4.66. The van der Waals surface area contributed by atoms with Gasteiger partial charge in [0.1, 0.15) is 6.07 Å². The minimum Gasteiger partial charge on any atom is -0.258 e. The zero-order chi connectivity index (χ0) is 8.97. The van der Waals surface area contributed by atoms with Crippen LogP contribution >= 0.6 is 11.3 Å².